The van der Waals surface area contributed by atoms with E-state index < -0.39 is 0 Å². The van der Waals surface area contributed by atoms with Crippen LogP contribution in [-0.4, -0.2) is 48.9 Å². The van der Waals surface area contributed by atoms with Gasteiger partial charge in [-0.15, -0.1) is 24.8 Å². The molecule has 4 heteroatoms. The summed E-state index contributed by atoms with van der Waals surface area (Å²) in [6.07, 6.45) is 0. The third-order valence-corrected chi connectivity index (χ3v) is 0. The largest absolute Gasteiger partial charge is 2.00 e. The molecule has 0 heterocycles. The van der Waals surface area contributed by atoms with Crippen molar-refractivity contribution in [1.29, 1.82) is 0 Å². The van der Waals surface area contributed by atoms with Crippen molar-refractivity contribution in [3.05, 3.63) is 0 Å². The summed E-state index contributed by atoms with van der Waals surface area (Å²) in [4.78, 5) is 0. The van der Waals surface area contributed by atoms with Crippen LogP contribution >= 0.6 is 24.8 Å². The molecule has 0 aliphatic heterocycles. The molecule has 0 fully saturated rings. The van der Waals surface area contributed by atoms with Gasteiger partial charge in [0.05, 0.1) is 0 Å². The van der Waals surface area contributed by atoms with Crippen LogP contribution in [0.3, 0.4) is 0 Å². The fourth-order valence-corrected chi connectivity index (χ4v) is 0. The minimum atomic E-state index is 0. The van der Waals surface area contributed by atoms with Gasteiger partial charge in [-0.05, 0) is 0 Å². The van der Waals surface area contributed by atoms with Crippen LogP contribution in [0.5, 0.6) is 0 Å². The zero-order valence-electron chi connectivity index (χ0n) is 4.23. The summed E-state index contributed by atoms with van der Waals surface area (Å²) in [5.74, 6) is 0. The van der Waals surface area contributed by atoms with E-state index in [1.165, 1.54) is 0 Å². The zero-order chi connectivity index (χ0) is 0. The topological polar surface area (TPSA) is 0 Å². The van der Waals surface area contributed by atoms with E-state index in [1.54, 1.807) is 0 Å². The van der Waals surface area contributed by atoms with Crippen molar-refractivity contribution in [3.8, 4) is 0 Å². The molecule has 0 aromatic rings. The second-order valence-electron chi connectivity index (χ2n) is 0. The molecule has 0 atom stereocenters. The molecular formula is H4BaCl2Zn. The summed E-state index contributed by atoms with van der Waals surface area (Å²) < 4.78 is 0. The van der Waals surface area contributed by atoms with Crippen molar-refractivity contribution in [2.45, 2.75) is 0 Å². The van der Waals surface area contributed by atoms with E-state index in [9.17, 15) is 0 Å². The molecule has 4 heavy (non-hydrogen) atoms. The standard InChI is InChI=1S/Ba.2ClH.Zn.2H/h;2*1H;;;/q+2;;;;2*-1. The van der Waals surface area contributed by atoms with Gasteiger partial charge in [0.2, 0.25) is 0 Å². The van der Waals surface area contributed by atoms with Gasteiger partial charge < -0.3 is 2.85 Å². The van der Waals surface area contributed by atoms with E-state index in [0.717, 1.165) is 0 Å². The normalized spacial score (nSPS) is 0. The monoisotopic (exact) mass is 276 g/mol. The Morgan fingerprint density at radius 1 is 1.00 bits per heavy atom. The molecule has 0 N–H and O–H groups in total. The predicted octanol–water partition coefficient (Wildman–Crippen LogP) is 0.685. The fraction of sp³-hybridized carbons (Fsp3) is 0. The summed E-state index contributed by atoms with van der Waals surface area (Å²) in [7, 11) is 0. The van der Waals surface area contributed by atoms with Gasteiger partial charge in [-0.1, -0.05) is 0 Å². The number of rotatable bonds is 0. The maximum atomic E-state index is 0. The van der Waals surface area contributed by atoms with Crippen molar-refractivity contribution in [2.75, 3.05) is 0 Å². The molecule has 0 bridgehead atoms. The maximum Gasteiger partial charge on any atom is 2.00 e. The third kappa shape index (κ3) is 8.84. The van der Waals surface area contributed by atoms with E-state index in [-0.39, 0.29) is 96.0 Å². The Kier molecular flexibility index (Phi) is 125. The van der Waals surface area contributed by atoms with Gasteiger partial charge in [0, 0.05) is 19.5 Å². The van der Waals surface area contributed by atoms with Crippen molar-refractivity contribution in [1.82, 2.24) is 0 Å². The van der Waals surface area contributed by atoms with Crippen molar-refractivity contribution >= 4 is 73.7 Å². The molecule has 0 aromatic heterocycles. The number of hydrogen-bond acceptors (Lipinski definition) is 0. The average molecular weight is 278 g/mol. The van der Waals surface area contributed by atoms with Crippen LogP contribution in [0, 0.1) is 0 Å². The Hall–Kier alpha value is 2.77. The molecule has 0 nitrogen and oxygen atoms in total. The van der Waals surface area contributed by atoms with E-state index >= 15 is 0 Å². The Morgan fingerprint density at radius 3 is 1.00 bits per heavy atom. The van der Waals surface area contributed by atoms with E-state index in [1.807, 2.05) is 0 Å². The second-order valence-corrected chi connectivity index (χ2v) is 0. The molecule has 0 spiro atoms. The van der Waals surface area contributed by atoms with Crippen molar-refractivity contribution in [2.24, 2.45) is 0 Å². The summed E-state index contributed by atoms with van der Waals surface area (Å²) in [6, 6.07) is 0. The molecule has 0 aliphatic rings. The van der Waals surface area contributed by atoms with E-state index in [4.69, 9.17) is 0 Å². The molecule has 22 valence electrons. The average Bonchev–Trinajstić information content (AvgIpc) is 0. The molecule has 0 saturated heterocycles. The van der Waals surface area contributed by atoms with E-state index in [2.05, 4.69) is 0 Å². The quantitative estimate of drug-likeness (QED) is 0.572. The minimum absolute atomic E-state index is 0. The summed E-state index contributed by atoms with van der Waals surface area (Å²) in [6.45, 7) is 0. The van der Waals surface area contributed by atoms with Crippen LogP contribution in [0.25, 0.3) is 0 Å². The van der Waals surface area contributed by atoms with Gasteiger partial charge in [0.15, 0.2) is 0 Å². The third-order valence-electron chi connectivity index (χ3n) is 0. The Labute approximate surface area is 94.1 Å². The summed E-state index contributed by atoms with van der Waals surface area (Å²) >= 11 is 0. The molecule has 0 aliphatic carbocycles. The smallest absolute Gasteiger partial charge is 1.00 e. The second kappa shape index (κ2) is 17.1. The summed E-state index contributed by atoms with van der Waals surface area (Å²) in [5, 5.41) is 0. The predicted molar refractivity (Wildman–Crippen MR) is 22.5 cm³/mol. The first kappa shape index (κ1) is 29.3. The van der Waals surface area contributed by atoms with Gasteiger partial charge in [0.25, 0.3) is 0 Å². The van der Waals surface area contributed by atoms with Crippen LogP contribution in [-0.2, 0) is 19.5 Å². The first-order valence-corrected chi connectivity index (χ1v) is 0. The van der Waals surface area contributed by atoms with Crippen LogP contribution in [0.2, 0.25) is 0 Å². The molecule has 0 aromatic carbocycles. The minimum Gasteiger partial charge on any atom is -1.00 e. The Bertz CT molecular complexity index is 11.5. The molecule has 0 amide bonds. The fourth-order valence-electron chi connectivity index (χ4n) is 0. The first-order chi connectivity index (χ1) is 0. The van der Waals surface area contributed by atoms with Gasteiger partial charge >= 0.3 is 48.9 Å². The molecule has 0 radical (unpaired) electrons. The van der Waals surface area contributed by atoms with Crippen LogP contribution < -0.4 is 0 Å². The van der Waals surface area contributed by atoms with Crippen LogP contribution in [0.15, 0.2) is 0 Å². The van der Waals surface area contributed by atoms with Crippen molar-refractivity contribution < 1.29 is 22.3 Å². The molecule has 0 rings (SSSR count). The van der Waals surface area contributed by atoms with Gasteiger partial charge in [-0.3, -0.25) is 0 Å². The van der Waals surface area contributed by atoms with Crippen LogP contribution in [0.1, 0.15) is 2.85 Å². The van der Waals surface area contributed by atoms with Crippen LogP contribution in [0.4, 0.5) is 0 Å². The maximum absolute atomic E-state index is 0. The van der Waals surface area contributed by atoms with Gasteiger partial charge in [0.1, 0.15) is 0 Å². The Morgan fingerprint density at radius 2 is 1.00 bits per heavy atom. The van der Waals surface area contributed by atoms with E-state index in [0.29, 0.717) is 0 Å². The molecule has 0 unspecified atom stereocenters. The Balaban J connectivity index is 0. The van der Waals surface area contributed by atoms with Crippen molar-refractivity contribution in [3.63, 3.8) is 0 Å². The molecule has 0 saturated carbocycles. The number of halogens is 2. The first-order valence-electron chi connectivity index (χ1n) is 0. The zero-order valence-corrected chi connectivity index (χ0v) is 11.3. The number of hydrogen-bond donors (Lipinski definition) is 0. The SMILES string of the molecule is Cl.Cl.[Ba+2].[H-].[H-].[Zn]. The molecular weight excluding hydrogens is 274 g/mol. The summed E-state index contributed by atoms with van der Waals surface area (Å²) in [5.41, 5.74) is 0. The van der Waals surface area contributed by atoms with Gasteiger partial charge in [-0.25, -0.2) is 0 Å². The van der Waals surface area contributed by atoms with Gasteiger partial charge in [-0.2, -0.15) is 0 Å².